The van der Waals surface area contributed by atoms with E-state index in [1.807, 2.05) is 0 Å². The molecule has 0 spiro atoms. The first-order valence-electron chi connectivity index (χ1n) is 6.18. The minimum atomic E-state index is -0.480. The molecule has 0 aromatic carbocycles. The number of methoxy groups -OCH3 is 1. The van der Waals surface area contributed by atoms with E-state index < -0.39 is 5.97 Å². The van der Waals surface area contributed by atoms with Gasteiger partial charge in [-0.3, -0.25) is 0 Å². The highest BCUT2D eigenvalue weighted by Crippen LogP contribution is 2.14. The van der Waals surface area contributed by atoms with Gasteiger partial charge in [-0.2, -0.15) is 0 Å². The van der Waals surface area contributed by atoms with E-state index in [0.29, 0.717) is 19.6 Å². The fourth-order valence-corrected chi connectivity index (χ4v) is 1.60. The minimum Gasteiger partial charge on any atom is -0.459 e. The Hall–Kier alpha value is -1.31. The zero-order valence-electron chi connectivity index (χ0n) is 11.0. The van der Waals surface area contributed by atoms with E-state index in [2.05, 4.69) is 29.6 Å². The molecule has 4 heteroatoms. The van der Waals surface area contributed by atoms with E-state index in [1.165, 1.54) is 12.7 Å². The van der Waals surface area contributed by atoms with Crippen LogP contribution in [-0.4, -0.2) is 32.6 Å². The molecule has 1 heterocycles. The molecule has 0 amide bonds. The second kappa shape index (κ2) is 8.73. The maximum Gasteiger partial charge on any atom is 0.384 e. The van der Waals surface area contributed by atoms with Gasteiger partial charge in [0.25, 0.3) is 0 Å². The van der Waals surface area contributed by atoms with Gasteiger partial charge in [-0.15, -0.1) is 0 Å². The number of allylic oxidation sites excluding steroid dienone is 2. The van der Waals surface area contributed by atoms with Crippen molar-refractivity contribution in [2.75, 3.05) is 20.3 Å². The van der Waals surface area contributed by atoms with Crippen LogP contribution in [0.5, 0.6) is 0 Å². The number of unbranched alkanes of at least 4 members (excludes halogenated alkanes) is 1. The molecular formula is C14H20O4. The molecule has 4 nitrogen and oxygen atoms in total. The standard InChI is InChI=1S/C14H20O4/c1-12(8-9-14-17-10-11-18-14)6-4-3-5-7-13(15)16-2/h6,14H,3-4,8-11H2,1-2H3/b12-6-. The average Bonchev–Trinajstić information content (AvgIpc) is 2.88. The van der Waals surface area contributed by atoms with Crippen LogP contribution in [0.2, 0.25) is 0 Å². The molecule has 1 aliphatic rings. The van der Waals surface area contributed by atoms with Crippen LogP contribution in [0.4, 0.5) is 0 Å². The summed E-state index contributed by atoms with van der Waals surface area (Å²) >= 11 is 0. The van der Waals surface area contributed by atoms with Crippen LogP contribution in [0.1, 0.15) is 32.6 Å². The summed E-state index contributed by atoms with van der Waals surface area (Å²) in [5.74, 6) is 4.69. The Labute approximate surface area is 108 Å². The van der Waals surface area contributed by atoms with Crippen molar-refractivity contribution in [3.63, 3.8) is 0 Å². The van der Waals surface area contributed by atoms with Crippen LogP contribution in [0.25, 0.3) is 0 Å². The lowest BCUT2D eigenvalue weighted by Crippen LogP contribution is -2.06. The monoisotopic (exact) mass is 252 g/mol. The van der Waals surface area contributed by atoms with Crippen LogP contribution in [-0.2, 0) is 19.0 Å². The van der Waals surface area contributed by atoms with Crippen LogP contribution in [0.15, 0.2) is 11.6 Å². The normalized spacial score (nSPS) is 16.2. The lowest BCUT2D eigenvalue weighted by atomic mass is 10.1. The van der Waals surface area contributed by atoms with Gasteiger partial charge in [-0.1, -0.05) is 17.6 Å². The van der Waals surface area contributed by atoms with Crippen LogP contribution >= 0.6 is 0 Å². The van der Waals surface area contributed by atoms with Gasteiger partial charge in [0.05, 0.1) is 20.3 Å². The number of hydrogen-bond donors (Lipinski definition) is 0. The second-order valence-corrected chi connectivity index (χ2v) is 4.09. The molecule has 0 aromatic heterocycles. The maximum atomic E-state index is 10.7. The molecule has 100 valence electrons. The minimum absolute atomic E-state index is 0.0348. The lowest BCUT2D eigenvalue weighted by Gasteiger charge is -2.08. The number of esters is 1. The largest absolute Gasteiger partial charge is 0.459 e. The van der Waals surface area contributed by atoms with Gasteiger partial charge in [0.15, 0.2) is 6.29 Å². The van der Waals surface area contributed by atoms with Gasteiger partial charge < -0.3 is 14.2 Å². The second-order valence-electron chi connectivity index (χ2n) is 4.09. The summed E-state index contributed by atoms with van der Waals surface area (Å²) in [7, 11) is 1.33. The van der Waals surface area contributed by atoms with E-state index >= 15 is 0 Å². The van der Waals surface area contributed by atoms with Crippen molar-refractivity contribution in [1.29, 1.82) is 0 Å². The molecule has 0 N–H and O–H groups in total. The van der Waals surface area contributed by atoms with Gasteiger partial charge in [-0.05, 0) is 19.8 Å². The van der Waals surface area contributed by atoms with Crippen molar-refractivity contribution in [3.05, 3.63) is 11.6 Å². The Bertz CT molecular complexity index is 343. The molecule has 0 saturated carbocycles. The first kappa shape index (κ1) is 14.7. The Morgan fingerprint density at radius 2 is 2.17 bits per heavy atom. The lowest BCUT2D eigenvalue weighted by molar-refractivity contribution is -0.133. The first-order valence-corrected chi connectivity index (χ1v) is 6.18. The Morgan fingerprint density at radius 3 is 2.83 bits per heavy atom. The van der Waals surface area contributed by atoms with Gasteiger partial charge in [-0.25, -0.2) is 4.79 Å². The van der Waals surface area contributed by atoms with E-state index in [9.17, 15) is 4.79 Å². The summed E-state index contributed by atoms with van der Waals surface area (Å²) in [6.45, 7) is 3.50. The molecular weight excluding hydrogens is 232 g/mol. The molecule has 18 heavy (non-hydrogen) atoms. The van der Waals surface area contributed by atoms with Gasteiger partial charge >= 0.3 is 5.97 Å². The van der Waals surface area contributed by atoms with Crippen molar-refractivity contribution in [2.45, 2.75) is 38.9 Å². The third kappa shape index (κ3) is 6.43. The van der Waals surface area contributed by atoms with Crippen molar-refractivity contribution in [3.8, 4) is 11.8 Å². The van der Waals surface area contributed by atoms with Crippen molar-refractivity contribution in [2.24, 2.45) is 0 Å². The summed E-state index contributed by atoms with van der Waals surface area (Å²) in [6.07, 6.45) is 5.49. The molecule has 0 aliphatic carbocycles. The zero-order valence-corrected chi connectivity index (χ0v) is 11.0. The smallest absolute Gasteiger partial charge is 0.384 e. The zero-order chi connectivity index (χ0) is 13.2. The Morgan fingerprint density at radius 1 is 1.44 bits per heavy atom. The van der Waals surface area contributed by atoms with E-state index in [4.69, 9.17) is 9.47 Å². The van der Waals surface area contributed by atoms with E-state index in [0.717, 1.165) is 19.3 Å². The fourth-order valence-electron chi connectivity index (χ4n) is 1.60. The predicted octanol–water partition coefficient (Wildman–Crippen LogP) is 2.04. The predicted molar refractivity (Wildman–Crippen MR) is 67.7 cm³/mol. The highest BCUT2D eigenvalue weighted by atomic mass is 16.7. The fraction of sp³-hybridized carbons (Fsp3) is 0.643. The van der Waals surface area contributed by atoms with Crippen LogP contribution in [0.3, 0.4) is 0 Å². The molecule has 0 bridgehead atoms. The van der Waals surface area contributed by atoms with E-state index in [1.54, 1.807) is 0 Å². The molecule has 1 saturated heterocycles. The number of hydrogen-bond acceptors (Lipinski definition) is 4. The first-order chi connectivity index (χ1) is 8.72. The molecule has 1 rings (SSSR count). The summed E-state index contributed by atoms with van der Waals surface area (Å²) in [6, 6.07) is 0. The van der Waals surface area contributed by atoms with Crippen molar-refractivity contribution >= 4 is 5.97 Å². The maximum absolute atomic E-state index is 10.7. The highest BCUT2D eigenvalue weighted by Gasteiger charge is 2.14. The molecule has 0 atom stereocenters. The number of ether oxygens (including phenoxy) is 3. The molecule has 0 unspecified atom stereocenters. The molecule has 0 radical (unpaired) electrons. The number of carbonyl (C=O) groups excluding carboxylic acids is 1. The highest BCUT2D eigenvalue weighted by molar-refractivity contribution is 5.88. The van der Waals surface area contributed by atoms with Gasteiger partial charge in [0.2, 0.25) is 0 Å². The van der Waals surface area contributed by atoms with Crippen molar-refractivity contribution in [1.82, 2.24) is 0 Å². The molecule has 0 aromatic rings. The van der Waals surface area contributed by atoms with Crippen LogP contribution in [0, 0.1) is 11.8 Å². The summed E-state index contributed by atoms with van der Waals surface area (Å²) in [5.41, 5.74) is 1.30. The SMILES string of the molecule is COC(=O)C#CCC/C=C(/C)CCC1OCCO1. The number of carbonyl (C=O) groups is 1. The summed E-state index contributed by atoms with van der Waals surface area (Å²) < 4.78 is 15.1. The van der Waals surface area contributed by atoms with Crippen molar-refractivity contribution < 1.29 is 19.0 Å². The number of rotatable bonds is 5. The molecule has 1 aliphatic heterocycles. The van der Waals surface area contributed by atoms with E-state index in [-0.39, 0.29) is 6.29 Å². The van der Waals surface area contributed by atoms with Gasteiger partial charge in [0.1, 0.15) is 0 Å². The third-order valence-electron chi connectivity index (χ3n) is 2.60. The average molecular weight is 252 g/mol. The quantitative estimate of drug-likeness (QED) is 0.247. The van der Waals surface area contributed by atoms with Gasteiger partial charge in [0, 0.05) is 18.8 Å². The third-order valence-corrected chi connectivity index (χ3v) is 2.60. The topological polar surface area (TPSA) is 44.8 Å². The Balaban J connectivity index is 2.12. The summed E-state index contributed by atoms with van der Waals surface area (Å²) in [4.78, 5) is 10.7. The summed E-state index contributed by atoms with van der Waals surface area (Å²) in [5, 5.41) is 0. The molecule has 1 fully saturated rings. The Kier molecular flexibility index (Phi) is 7.16. The van der Waals surface area contributed by atoms with Crippen LogP contribution < -0.4 is 0 Å².